The molecule has 1 aliphatic rings. The van der Waals surface area contributed by atoms with Crippen LogP contribution in [0.25, 0.3) is 0 Å². The molecule has 1 saturated heterocycles. The molecule has 2 aromatic rings. The van der Waals surface area contributed by atoms with Crippen LogP contribution >= 0.6 is 11.6 Å². The number of methoxy groups -OCH3 is 1. The van der Waals surface area contributed by atoms with E-state index >= 15 is 0 Å². The monoisotopic (exact) mass is 454 g/mol. The number of carbonyl (C=O) groups is 1. The average Bonchev–Trinajstić information content (AvgIpc) is 2.74. The topological polar surface area (TPSA) is 66.9 Å². The number of benzene rings is 2. The fourth-order valence-electron chi connectivity index (χ4n) is 3.50. The quantitative estimate of drug-likeness (QED) is 0.663. The predicted octanol–water partition coefficient (Wildman–Crippen LogP) is 3.93. The number of amides is 1. The van der Waals surface area contributed by atoms with Crippen molar-refractivity contribution in [2.45, 2.75) is 30.7 Å². The Hall–Kier alpha value is -2.16. The predicted molar refractivity (Wildman–Crippen MR) is 113 cm³/mol. The minimum absolute atomic E-state index is 0.0930. The van der Waals surface area contributed by atoms with E-state index in [-0.39, 0.29) is 12.1 Å². The molecule has 1 aliphatic heterocycles. The minimum atomic E-state index is -4.00. The van der Waals surface area contributed by atoms with Gasteiger partial charge in [0.15, 0.2) is 0 Å². The lowest BCUT2D eigenvalue weighted by molar-refractivity contribution is 0.0784. The van der Waals surface area contributed by atoms with Gasteiger partial charge in [-0.3, -0.25) is 4.79 Å². The molecule has 0 radical (unpaired) electrons. The van der Waals surface area contributed by atoms with Crippen LogP contribution in [0.4, 0.5) is 4.39 Å². The fraction of sp³-hybridized carbons (Fsp3) is 0.381. The Morgan fingerprint density at radius 2 is 1.87 bits per heavy atom. The molecule has 6 nitrogen and oxygen atoms in total. The number of hydrogen-bond acceptors (Lipinski definition) is 4. The van der Waals surface area contributed by atoms with Crippen LogP contribution in [0.2, 0.25) is 5.02 Å². The van der Waals surface area contributed by atoms with Crippen LogP contribution < -0.4 is 4.74 Å². The zero-order valence-electron chi connectivity index (χ0n) is 16.9. The highest BCUT2D eigenvalue weighted by Crippen LogP contribution is 2.26. The van der Waals surface area contributed by atoms with Crippen LogP contribution in [0, 0.1) is 5.82 Å². The molecule has 1 heterocycles. The minimum Gasteiger partial charge on any atom is -0.496 e. The number of halogens is 2. The standard InChI is InChI=1S/C21H24ClFN2O4S/c1-24(14-16-12-17(22)7-9-19(16)29-2)21(26)15-6-8-18(23)20(13-15)30(27,28)25-10-4-3-5-11-25/h6-9,12-13H,3-5,10-11,14H2,1-2H3. The van der Waals surface area contributed by atoms with Gasteiger partial charge in [-0.25, -0.2) is 12.8 Å². The van der Waals surface area contributed by atoms with Gasteiger partial charge in [0.2, 0.25) is 10.0 Å². The molecule has 0 aromatic heterocycles. The molecule has 0 aliphatic carbocycles. The first-order valence-electron chi connectivity index (χ1n) is 9.61. The van der Waals surface area contributed by atoms with E-state index in [1.807, 2.05) is 0 Å². The largest absolute Gasteiger partial charge is 0.496 e. The van der Waals surface area contributed by atoms with Crippen LogP contribution in [0.3, 0.4) is 0 Å². The molecule has 0 unspecified atom stereocenters. The van der Waals surface area contributed by atoms with Gasteiger partial charge in [-0.15, -0.1) is 0 Å². The molecule has 162 valence electrons. The van der Waals surface area contributed by atoms with Crippen molar-refractivity contribution in [1.82, 2.24) is 9.21 Å². The summed E-state index contributed by atoms with van der Waals surface area (Å²) in [5.41, 5.74) is 0.791. The lowest BCUT2D eigenvalue weighted by atomic mass is 10.1. The molecule has 1 amide bonds. The summed E-state index contributed by atoms with van der Waals surface area (Å²) in [5.74, 6) is -0.727. The summed E-state index contributed by atoms with van der Waals surface area (Å²) in [5, 5.41) is 0.503. The Morgan fingerprint density at radius 3 is 2.53 bits per heavy atom. The third-order valence-electron chi connectivity index (χ3n) is 5.11. The number of piperidine rings is 1. The van der Waals surface area contributed by atoms with E-state index in [1.54, 1.807) is 25.2 Å². The summed E-state index contributed by atoms with van der Waals surface area (Å²) in [6, 6.07) is 8.52. The number of carbonyl (C=O) groups excluding carboxylic acids is 1. The van der Waals surface area contributed by atoms with E-state index in [1.165, 1.54) is 22.4 Å². The van der Waals surface area contributed by atoms with E-state index in [4.69, 9.17) is 16.3 Å². The maximum absolute atomic E-state index is 14.4. The van der Waals surface area contributed by atoms with E-state index in [0.717, 1.165) is 31.4 Å². The SMILES string of the molecule is COc1ccc(Cl)cc1CN(C)C(=O)c1ccc(F)c(S(=O)(=O)N2CCCCC2)c1. The summed E-state index contributed by atoms with van der Waals surface area (Å²) >= 11 is 6.04. The summed E-state index contributed by atoms with van der Waals surface area (Å²) < 4.78 is 46.8. The number of nitrogens with zero attached hydrogens (tertiary/aromatic N) is 2. The van der Waals surface area contributed by atoms with Crippen LogP contribution in [-0.2, 0) is 16.6 Å². The summed E-state index contributed by atoms with van der Waals surface area (Å²) in [4.78, 5) is 13.9. The third-order valence-corrected chi connectivity index (χ3v) is 7.26. The van der Waals surface area contributed by atoms with Gasteiger partial charge in [-0.1, -0.05) is 18.0 Å². The van der Waals surface area contributed by atoms with Crippen molar-refractivity contribution in [2.75, 3.05) is 27.2 Å². The van der Waals surface area contributed by atoms with Gasteiger partial charge < -0.3 is 9.64 Å². The van der Waals surface area contributed by atoms with E-state index in [2.05, 4.69) is 0 Å². The van der Waals surface area contributed by atoms with Crippen LogP contribution in [0.5, 0.6) is 5.75 Å². The van der Waals surface area contributed by atoms with Crippen molar-refractivity contribution in [3.63, 3.8) is 0 Å². The maximum Gasteiger partial charge on any atom is 0.253 e. The molecule has 0 spiro atoms. The van der Waals surface area contributed by atoms with E-state index in [0.29, 0.717) is 29.4 Å². The van der Waals surface area contributed by atoms with Gasteiger partial charge in [0, 0.05) is 42.8 Å². The third kappa shape index (κ3) is 4.77. The van der Waals surface area contributed by atoms with Crippen molar-refractivity contribution >= 4 is 27.5 Å². The molecule has 1 fully saturated rings. The number of sulfonamides is 1. The molecular formula is C21H24ClFN2O4S. The lowest BCUT2D eigenvalue weighted by Crippen LogP contribution is -2.36. The highest BCUT2D eigenvalue weighted by Gasteiger charge is 2.29. The zero-order valence-corrected chi connectivity index (χ0v) is 18.5. The number of ether oxygens (including phenoxy) is 1. The lowest BCUT2D eigenvalue weighted by Gasteiger charge is -2.26. The van der Waals surface area contributed by atoms with Gasteiger partial charge in [-0.2, -0.15) is 4.31 Å². The Labute approximate surface area is 181 Å². The van der Waals surface area contributed by atoms with Crippen molar-refractivity contribution in [2.24, 2.45) is 0 Å². The first kappa shape index (κ1) is 22.5. The molecule has 0 bridgehead atoms. The molecular weight excluding hydrogens is 431 g/mol. The summed E-state index contributed by atoms with van der Waals surface area (Å²) in [6.45, 7) is 0.900. The van der Waals surface area contributed by atoms with Crippen molar-refractivity contribution in [3.05, 3.63) is 58.4 Å². The average molecular weight is 455 g/mol. The normalized spacial score (nSPS) is 15.1. The highest BCUT2D eigenvalue weighted by atomic mass is 35.5. The van der Waals surface area contributed by atoms with Gasteiger partial charge in [0.05, 0.1) is 7.11 Å². The van der Waals surface area contributed by atoms with Gasteiger partial charge in [0.25, 0.3) is 5.91 Å². The highest BCUT2D eigenvalue weighted by molar-refractivity contribution is 7.89. The van der Waals surface area contributed by atoms with Crippen molar-refractivity contribution in [1.29, 1.82) is 0 Å². The van der Waals surface area contributed by atoms with Crippen LogP contribution in [0.1, 0.15) is 35.2 Å². The molecule has 30 heavy (non-hydrogen) atoms. The molecule has 0 N–H and O–H groups in total. The molecule has 0 saturated carbocycles. The van der Waals surface area contributed by atoms with E-state index in [9.17, 15) is 17.6 Å². The second kappa shape index (κ2) is 9.32. The maximum atomic E-state index is 14.4. The van der Waals surface area contributed by atoms with Crippen LogP contribution in [-0.4, -0.2) is 50.8 Å². The Balaban J connectivity index is 1.86. The van der Waals surface area contributed by atoms with E-state index < -0.39 is 26.6 Å². The fourth-order valence-corrected chi connectivity index (χ4v) is 5.30. The zero-order chi connectivity index (χ0) is 21.9. The Kier molecular flexibility index (Phi) is 7.00. The van der Waals surface area contributed by atoms with Gasteiger partial charge >= 0.3 is 0 Å². The van der Waals surface area contributed by atoms with Gasteiger partial charge in [0.1, 0.15) is 16.5 Å². The second-order valence-corrected chi connectivity index (χ2v) is 9.57. The number of hydrogen-bond donors (Lipinski definition) is 0. The molecule has 9 heteroatoms. The summed E-state index contributed by atoms with van der Waals surface area (Å²) in [7, 11) is -0.905. The molecule has 2 aromatic carbocycles. The van der Waals surface area contributed by atoms with Crippen molar-refractivity contribution < 1.29 is 22.3 Å². The van der Waals surface area contributed by atoms with Crippen molar-refractivity contribution in [3.8, 4) is 5.75 Å². The van der Waals surface area contributed by atoms with Gasteiger partial charge in [-0.05, 0) is 49.2 Å². The Bertz CT molecular complexity index is 1040. The first-order valence-corrected chi connectivity index (χ1v) is 11.4. The Morgan fingerprint density at radius 1 is 1.17 bits per heavy atom. The smallest absolute Gasteiger partial charge is 0.253 e. The summed E-state index contributed by atoms with van der Waals surface area (Å²) in [6.07, 6.45) is 2.43. The molecule has 3 rings (SSSR count). The first-order chi connectivity index (χ1) is 14.2. The van der Waals surface area contributed by atoms with Crippen LogP contribution in [0.15, 0.2) is 41.3 Å². The molecule has 0 atom stereocenters. The number of rotatable bonds is 6. The second-order valence-electron chi connectivity index (χ2n) is 7.23.